The molecular weight excluding hydrogens is 428 g/mol. The fourth-order valence-corrected chi connectivity index (χ4v) is 4.80. The third kappa shape index (κ3) is 5.07. The molecular formula is C20H22N2O6S2. The summed E-state index contributed by atoms with van der Waals surface area (Å²) in [5.41, 5.74) is 1.82. The van der Waals surface area contributed by atoms with Crippen LogP contribution in [0.15, 0.2) is 62.9 Å². The molecule has 0 radical (unpaired) electrons. The van der Waals surface area contributed by atoms with Crippen LogP contribution in [0.25, 0.3) is 11.5 Å². The molecule has 8 nitrogen and oxygen atoms in total. The lowest BCUT2D eigenvalue weighted by molar-refractivity contribution is 0.415. The molecule has 1 N–H and O–H groups in total. The number of oxazole rings is 1. The molecule has 0 aliphatic rings. The van der Waals surface area contributed by atoms with Gasteiger partial charge in [0.15, 0.2) is 9.84 Å². The van der Waals surface area contributed by atoms with Gasteiger partial charge in [0.2, 0.25) is 15.9 Å². The molecule has 0 atom stereocenters. The van der Waals surface area contributed by atoms with Gasteiger partial charge in [-0.1, -0.05) is 6.07 Å². The Labute approximate surface area is 175 Å². The van der Waals surface area contributed by atoms with Crippen molar-refractivity contribution >= 4 is 19.9 Å². The first-order valence-corrected chi connectivity index (χ1v) is 12.4. The first-order chi connectivity index (χ1) is 14.1. The Bertz CT molecular complexity index is 1250. The first kappa shape index (κ1) is 22.0. The van der Waals surface area contributed by atoms with Gasteiger partial charge in [0.05, 0.1) is 22.6 Å². The van der Waals surface area contributed by atoms with Crippen LogP contribution in [0.5, 0.6) is 5.75 Å². The Kier molecular flexibility index (Phi) is 6.30. The average Bonchev–Trinajstić information content (AvgIpc) is 3.16. The minimum absolute atomic E-state index is 0.0471. The quantitative estimate of drug-likeness (QED) is 0.561. The SMILES string of the molecule is COc1ccc(-c2nc(CCNS(=O)(=O)c3cc(S(C)(=O)=O)ccc3C)co2)cc1. The molecule has 0 saturated heterocycles. The van der Waals surface area contributed by atoms with Crippen molar-refractivity contribution in [1.82, 2.24) is 9.71 Å². The highest BCUT2D eigenvalue weighted by molar-refractivity contribution is 7.91. The average molecular weight is 451 g/mol. The van der Waals surface area contributed by atoms with Gasteiger partial charge in [-0.2, -0.15) is 0 Å². The number of nitrogens with zero attached hydrogens (tertiary/aromatic N) is 1. The maximum atomic E-state index is 12.6. The molecule has 0 spiro atoms. The highest BCUT2D eigenvalue weighted by Crippen LogP contribution is 2.22. The predicted octanol–water partition coefficient (Wildman–Crippen LogP) is 2.58. The van der Waals surface area contributed by atoms with Gasteiger partial charge in [-0.15, -0.1) is 0 Å². The summed E-state index contributed by atoms with van der Waals surface area (Å²) >= 11 is 0. The van der Waals surface area contributed by atoms with E-state index in [1.54, 1.807) is 26.2 Å². The molecule has 160 valence electrons. The first-order valence-electron chi connectivity index (χ1n) is 8.99. The lowest BCUT2D eigenvalue weighted by atomic mass is 10.2. The second-order valence-corrected chi connectivity index (χ2v) is 10.5. The second kappa shape index (κ2) is 8.58. The smallest absolute Gasteiger partial charge is 0.240 e. The molecule has 0 amide bonds. The molecule has 30 heavy (non-hydrogen) atoms. The van der Waals surface area contributed by atoms with Gasteiger partial charge in [-0.05, 0) is 48.9 Å². The number of aryl methyl sites for hydroxylation is 1. The Morgan fingerprint density at radius 1 is 1.07 bits per heavy atom. The monoisotopic (exact) mass is 450 g/mol. The molecule has 10 heteroatoms. The molecule has 3 rings (SSSR count). The number of ether oxygens (including phenoxy) is 1. The third-order valence-electron chi connectivity index (χ3n) is 4.44. The summed E-state index contributed by atoms with van der Waals surface area (Å²) in [5, 5.41) is 0. The van der Waals surface area contributed by atoms with Gasteiger partial charge in [0, 0.05) is 24.8 Å². The zero-order valence-corrected chi connectivity index (χ0v) is 18.4. The largest absolute Gasteiger partial charge is 0.497 e. The van der Waals surface area contributed by atoms with Gasteiger partial charge in [-0.3, -0.25) is 0 Å². The molecule has 0 aliphatic carbocycles. The number of rotatable bonds is 8. The van der Waals surface area contributed by atoms with E-state index in [-0.39, 0.29) is 16.3 Å². The van der Waals surface area contributed by atoms with E-state index in [2.05, 4.69) is 9.71 Å². The van der Waals surface area contributed by atoms with Crippen molar-refractivity contribution in [3.63, 3.8) is 0 Å². The van der Waals surface area contributed by atoms with Gasteiger partial charge in [0.1, 0.15) is 12.0 Å². The second-order valence-electron chi connectivity index (χ2n) is 6.72. The summed E-state index contributed by atoms with van der Waals surface area (Å²) in [6.45, 7) is 1.69. The van der Waals surface area contributed by atoms with Crippen molar-refractivity contribution in [3.8, 4) is 17.2 Å². The lowest BCUT2D eigenvalue weighted by Crippen LogP contribution is -2.27. The summed E-state index contributed by atoms with van der Waals surface area (Å²) in [4.78, 5) is 4.26. The summed E-state index contributed by atoms with van der Waals surface area (Å²) in [7, 11) is -5.82. The number of sulfone groups is 1. The van der Waals surface area contributed by atoms with E-state index < -0.39 is 19.9 Å². The van der Waals surface area contributed by atoms with E-state index in [9.17, 15) is 16.8 Å². The maximum Gasteiger partial charge on any atom is 0.240 e. The molecule has 0 bridgehead atoms. The van der Waals surface area contributed by atoms with Crippen molar-refractivity contribution in [3.05, 3.63) is 60.0 Å². The normalized spacial score (nSPS) is 12.1. The molecule has 0 unspecified atom stereocenters. The standard InChI is InChI=1S/C20H22N2O6S2/c1-14-4-9-18(29(3,23)24)12-19(14)30(25,26)21-11-10-16-13-28-20(22-16)15-5-7-17(27-2)8-6-15/h4-9,12-13,21H,10-11H2,1-3H3. The zero-order chi connectivity index (χ0) is 21.9. The summed E-state index contributed by atoms with van der Waals surface area (Å²) in [6, 6.07) is 11.2. The van der Waals surface area contributed by atoms with E-state index in [1.807, 2.05) is 12.1 Å². The Balaban J connectivity index is 1.68. The van der Waals surface area contributed by atoms with Crippen LogP contribution < -0.4 is 9.46 Å². The van der Waals surface area contributed by atoms with Gasteiger partial charge in [0.25, 0.3) is 0 Å². The van der Waals surface area contributed by atoms with E-state index in [0.29, 0.717) is 23.6 Å². The van der Waals surface area contributed by atoms with Gasteiger partial charge < -0.3 is 9.15 Å². The summed E-state index contributed by atoms with van der Waals surface area (Å²) < 4.78 is 61.8. The minimum atomic E-state index is -3.88. The van der Waals surface area contributed by atoms with Crippen LogP contribution in [0.2, 0.25) is 0 Å². The Morgan fingerprint density at radius 3 is 2.40 bits per heavy atom. The van der Waals surface area contributed by atoms with Crippen molar-refractivity contribution in [2.45, 2.75) is 23.1 Å². The van der Waals surface area contributed by atoms with Gasteiger partial charge >= 0.3 is 0 Å². The molecule has 2 aromatic carbocycles. The number of methoxy groups -OCH3 is 1. The fourth-order valence-electron chi connectivity index (χ4n) is 2.78. The van der Waals surface area contributed by atoms with E-state index in [1.165, 1.54) is 24.5 Å². The molecule has 3 aromatic rings. The number of benzene rings is 2. The number of hydrogen-bond acceptors (Lipinski definition) is 7. The molecule has 1 heterocycles. The maximum absolute atomic E-state index is 12.6. The number of aromatic nitrogens is 1. The van der Waals surface area contributed by atoms with Crippen LogP contribution in [0.4, 0.5) is 0 Å². The van der Waals surface area contributed by atoms with E-state index >= 15 is 0 Å². The predicted molar refractivity (Wildman–Crippen MR) is 112 cm³/mol. The highest BCUT2D eigenvalue weighted by atomic mass is 32.2. The lowest BCUT2D eigenvalue weighted by Gasteiger charge is -2.10. The highest BCUT2D eigenvalue weighted by Gasteiger charge is 2.20. The Morgan fingerprint density at radius 2 is 1.77 bits per heavy atom. The van der Waals surface area contributed by atoms with Crippen molar-refractivity contribution in [2.24, 2.45) is 0 Å². The molecule has 1 aromatic heterocycles. The van der Waals surface area contributed by atoms with Crippen LogP contribution >= 0.6 is 0 Å². The number of sulfonamides is 1. The molecule has 0 fully saturated rings. The van der Waals surface area contributed by atoms with Gasteiger partial charge in [-0.25, -0.2) is 26.5 Å². The van der Waals surface area contributed by atoms with Crippen LogP contribution in [0, 0.1) is 6.92 Å². The molecule has 0 saturated carbocycles. The summed E-state index contributed by atoms with van der Waals surface area (Å²) in [6.07, 6.45) is 2.82. The zero-order valence-electron chi connectivity index (χ0n) is 16.7. The van der Waals surface area contributed by atoms with Crippen LogP contribution in [0.1, 0.15) is 11.3 Å². The third-order valence-corrected chi connectivity index (χ3v) is 7.15. The van der Waals surface area contributed by atoms with Crippen molar-refractivity contribution < 1.29 is 26.0 Å². The van der Waals surface area contributed by atoms with Crippen LogP contribution in [0.3, 0.4) is 0 Å². The van der Waals surface area contributed by atoms with Crippen molar-refractivity contribution in [2.75, 3.05) is 19.9 Å². The van der Waals surface area contributed by atoms with Crippen molar-refractivity contribution in [1.29, 1.82) is 0 Å². The van der Waals surface area contributed by atoms with Crippen LogP contribution in [-0.2, 0) is 26.3 Å². The minimum Gasteiger partial charge on any atom is -0.497 e. The fraction of sp³-hybridized carbons (Fsp3) is 0.250. The summed E-state index contributed by atoms with van der Waals surface area (Å²) in [5.74, 6) is 1.14. The van der Waals surface area contributed by atoms with E-state index in [4.69, 9.17) is 9.15 Å². The molecule has 0 aliphatic heterocycles. The number of nitrogens with one attached hydrogen (secondary N) is 1. The van der Waals surface area contributed by atoms with E-state index in [0.717, 1.165) is 17.6 Å². The topological polar surface area (TPSA) is 116 Å². The number of hydrogen-bond donors (Lipinski definition) is 1. The Hall–Kier alpha value is -2.69. The van der Waals surface area contributed by atoms with Crippen LogP contribution in [-0.4, -0.2) is 41.7 Å².